The maximum atomic E-state index is 10.2. The van der Waals surface area contributed by atoms with E-state index in [2.05, 4.69) is 82.9 Å². The number of esters is 1. The molecule has 0 aromatic rings. The van der Waals surface area contributed by atoms with E-state index in [4.69, 9.17) is 28.4 Å². The van der Waals surface area contributed by atoms with Gasteiger partial charge in [0.15, 0.2) is 0 Å². The molecule has 0 fully saturated rings. The standard InChI is InChI=1S/C10H20O.C9H18O.C8H16O.C7H14O.C6H12O.C5H8O2.C5H10O.C4H8O/c1-10(2)8-6-4-5-7-9-11-3;1-9(2)7-5-4-6-8-10-3;1-8(2)6-4-5-7-9-3;1-7(2)5-4-6-8-3;1-6(2)4-5-7-3;1-4(2)5(6)7-3;1-5(2)4-6-3;1-4(2)5-3/h1,4-9H2,2-3H3;1,4-8H2,2-3H3;1,4-7H2,2-3H3;1,4-6H2,2-3H3;1,4-5H2,2-3H3;1H2,2-3H3;1,4H2,2-3H3;1H2,2-3H3. The number of hydrogen-bond donors (Lipinski definition) is 0. The Kier molecular flexibility index (Phi) is 86.5. The Morgan fingerprint density at radius 3 is 0.794 bits per heavy atom. The number of hydrogen-bond acceptors (Lipinski definition) is 9. The highest BCUT2D eigenvalue weighted by Crippen LogP contribution is 2.08. The third kappa shape index (κ3) is 133. The quantitative estimate of drug-likeness (QED) is 0.0239. The third-order valence-corrected chi connectivity index (χ3v) is 7.31. The predicted octanol–water partition coefficient (Wildman–Crippen LogP) is 15.0. The number of carbonyl (C=O) groups excluding carboxylic acids is 1. The van der Waals surface area contributed by atoms with Crippen LogP contribution in [-0.4, -0.2) is 102 Å². The molecule has 0 amide bonds. The van der Waals surface area contributed by atoms with Gasteiger partial charge in [-0.3, -0.25) is 0 Å². The van der Waals surface area contributed by atoms with Crippen LogP contribution in [0.25, 0.3) is 0 Å². The smallest absolute Gasteiger partial charge is 0.332 e. The van der Waals surface area contributed by atoms with Crippen LogP contribution < -0.4 is 0 Å². The molecule has 0 bridgehead atoms. The van der Waals surface area contributed by atoms with Gasteiger partial charge in [0.1, 0.15) is 0 Å². The number of carbonyl (C=O) groups is 1. The SMILES string of the molecule is C=C(C)C(=O)OC.C=C(C)CCCCCCOC.C=C(C)CCCCCOC.C=C(C)CCCCOC.C=C(C)CCCOC.C=C(C)CCOC.C=C(C)COC.C=C(C)OC. The van der Waals surface area contributed by atoms with Crippen LogP contribution in [0.1, 0.15) is 152 Å². The molecule has 0 heterocycles. The van der Waals surface area contributed by atoms with E-state index in [1.54, 1.807) is 63.6 Å². The van der Waals surface area contributed by atoms with Crippen molar-refractivity contribution in [3.63, 3.8) is 0 Å². The zero-order chi connectivity index (χ0) is 50.7. The van der Waals surface area contributed by atoms with Gasteiger partial charge in [-0.1, -0.05) is 72.4 Å². The van der Waals surface area contributed by atoms with Gasteiger partial charge in [-0.05, 0) is 132 Å². The Bertz CT molecular complexity index is 1060. The summed E-state index contributed by atoms with van der Waals surface area (Å²) in [6.07, 6.45) is 17.9. The molecule has 0 aromatic carbocycles. The predicted molar refractivity (Wildman–Crippen MR) is 278 cm³/mol. The van der Waals surface area contributed by atoms with Crippen molar-refractivity contribution >= 4 is 5.97 Å². The molecule has 0 aromatic heterocycles. The van der Waals surface area contributed by atoms with E-state index in [1.807, 2.05) is 20.8 Å². The summed E-state index contributed by atoms with van der Waals surface area (Å²) in [6.45, 7) is 50.1. The van der Waals surface area contributed by atoms with Crippen LogP contribution in [0.4, 0.5) is 0 Å². The first-order valence-corrected chi connectivity index (χ1v) is 22.3. The summed E-state index contributed by atoms with van der Waals surface area (Å²) in [6, 6.07) is 0. The van der Waals surface area contributed by atoms with Gasteiger partial charge in [0, 0.05) is 81.3 Å². The van der Waals surface area contributed by atoms with Gasteiger partial charge in [-0.2, -0.15) is 0 Å². The summed E-state index contributed by atoms with van der Waals surface area (Å²) in [5.41, 5.74) is 7.78. The highest BCUT2D eigenvalue weighted by Gasteiger charge is 1.95. The van der Waals surface area contributed by atoms with Crippen LogP contribution in [0.5, 0.6) is 0 Å². The molecule has 9 heteroatoms. The molecule has 0 atom stereocenters. The summed E-state index contributed by atoms with van der Waals surface area (Å²) < 4.78 is 37.9. The minimum atomic E-state index is -0.347. The van der Waals surface area contributed by atoms with Gasteiger partial charge in [-0.15, -0.1) is 32.9 Å². The molecule has 0 aliphatic carbocycles. The van der Waals surface area contributed by atoms with E-state index in [0.29, 0.717) is 12.2 Å². The van der Waals surface area contributed by atoms with Crippen molar-refractivity contribution in [1.29, 1.82) is 0 Å². The van der Waals surface area contributed by atoms with Crippen LogP contribution in [0.2, 0.25) is 0 Å². The van der Waals surface area contributed by atoms with Crippen LogP contribution >= 0.6 is 0 Å². The molecule has 0 spiro atoms. The summed E-state index contributed by atoms with van der Waals surface area (Å²) in [5.74, 6) is 0.407. The maximum Gasteiger partial charge on any atom is 0.332 e. The molecule has 0 aliphatic heterocycles. The molecule has 0 unspecified atom stereocenters. The van der Waals surface area contributed by atoms with Crippen molar-refractivity contribution in [2.24, 2.45) is 0 Å². The van der Waals surface area contributed by atoms with Crippen molar-refractivity contribution in [3.8, 4) is 0 Å². The molecular formula is C54H106O9. The third-order valence-electron chi connectivity index (χ3n) is 7.31. The molecule has 63 heavy (non-hydrogen) atoms. The average molecular weight is 899 g/mol. The van der Waals surface area contributed by atoms with E-state index in [-0.39, 0.29) is 5.97 Å². The first-order chi connectivity index (χ1) is 29.6. The lowest BCUT2D eigenvalue weighted by atomic mass is 10.1. The fourth-order valence-electron chi connectivity index (χ4n) is 3.77. The second-order valence-electron chi connectivity index (χ2n) is 15.6. The average Bonchev–Trinajstić information content (AvgIpc) is 3.21. The fraction of sp³-hybridized carbons (Fsp3) is 0.685. The first kappa shape index (κ1) is 77.2. The summed E-state index contributed by atoms with van der Waals surface area (Å²) in [7, 11) is 13.3. The zero-order valence-corrected chi connectivity index (χ0v) is 44.7. The highest BCUT2D eigenvalue weighted by atomic mass is 16.5. The van der Waals surface area contributed by atoms with Crippen molar-refractivity contribution in [3.05, 3.63) is 97.4 Å². The monoisotopic (exact) mass is 899 g/mol. The summed E-state index contributed by atoms with van der Waals surface area (Å²) in [4.78, 5) is 10.2. The number of allylic oxidation sites excluding steroid dienone is 5. The van der Waals surface area contributed by atoms with Crippen molar-refractivity contribution in [2.45, 2.75) is 152 Å². The van der Waals surface area contributed by atoms with Crippen LogP contribution in [0, 0.1) is 0 Å². The lowest BCUT2D eigenvalue weighted by Crippen LogP contribution is -1.98. The Labute approximate surface area is 393 Å². The number of methoxy groups -OCH3 is 8. The van der Waals surface area contributed by atoms with Crippen molar-refractivity contribution < 1.29 is 42.7 Å². The molecule has 0 saturated heterocycles. The molecule has 0 N–H and O–H groups in total. The zero-order valence-electron chi connectivity index (χ0n) is 44.7. The Balaban J connectivity index is -0.0000000924. The summed E-state index contributed by atoms with van der Waals surface area (Å²) >= 11 is 0. The van der Waals surface area contributed by atoms with Gasteiger partial charge in [0.05, 0.1) is 26.6 Å². The normalized spacial score (nSPS) is 9.02. The number of ether oxygens (including phenoxy) is 8. The topological polar surface area (TPSA) is 90.9 Å². The van der Waals surface area contributed by atoms with Crippen molar-refractivity contribution in [1.82, 2.24) is 0 Å². The molecular weight excluding hydrogens is 793 g/mol. The minimum absolute atomic E-state index is 0.347. The molecule has 0 rings (SSSR count). The van der Waals surface area contributed by atoms with Crippen LogP contribution in [-0.2, 0) is 42.7 Å². The minimum Gasteiger partial charge on any atom is -0.502 e. The van der Waals surface area contributed by atoms with Crippen molar-refractivity contribution in [2.75, 3.05) is 96.5 Å². The number of unbranched alkanes of at least 4 members (excludes halogenated alkanes) is 6. The second-order valence-corrected chi connectivity index (χ2v) is 15.6. The lowest BCUT2D eigenvalue weighted by Gasteiger charge is -2.00. The second kappa shape index (κ2) is 70.6. The number of rotatable bonds is 29. The van der Waals surface area contributed by atoms with E-state index < -0.39 is 0 Å². The van der Waals surface area contributed by atoms with E-state index in [0.717, 1.165) is 76.5 Å². The highest BCUT2D eigenvalue weighted by molar-refractivity contribution is 5.86. The first-order valence-electron chi connectivity index (χ1n) is 22.3. The lowest BCUT2D eigenvalue weighted by molar-refractivity contribution is -0.136. The Hall–Kier alpha value is -3.05. The van der Waals surface area contributed by atoms with E-state index in [1.165, 1.54) is 99.2 Å². The Morgan fingerprint density at radius 1 is 0.317 bits per heavy atom. The van der Waals surface area contributed by atoms with Crippen LogP contribution in [0.3, 0.4) is 0 Å². The molecule has 376 valence electrons. The molecule has 0 radical (unpaired) electrons. The Morgan fingerprint density at radius 2 is 0.587 bits per heavy atom. The summed E-state index contributed by atoms with van der Waals surface area (Å²) in [5, 5.41) is 0. The largest absolute Gasteiger partial charge is 0.502 e. The molecule has 0 aliphatic rings. The van der Waals surface area contributed by atoms with Gasteiger partial charge < -0.3 is 37.9 Å². The van der Waals surface area contributed by atoms with Gasteiger partial charge in [0.2, 0.25) is 0 Å². The van der Waals surface area contributed by atoms with Gasteiger partial charge in [-0.25, -0.2) is 4.79 Å². The van der Waals surface area contributed by atoms with E-state index in [9.17, 15) is 4.79 Å². The fourth-order valence-corrected chi connectivity index (χ4v) is 3.77. The molecule has 0 saturated carbocycles. The molecule has 9 nitrogen and oxygen atoms in total. The van der Waals surface area contributed by atoms with Crippen LogP contribution in [0.15, 0.2) is 97.4 Å². The van der Waals surface area contributed by atoms with Gasteiger partial charge in [0.25, 0.3) is 0 Å². The van der Waals surface area contributed by atoms with Gasteiger partial charge >= 0.3 is 5.97 Å². The van der Waals surface area contributed by atoms with E-state index >= 15 is 0 Å². The maximum absolute atomic E-state index is 10.2.